The van der Waals surface area contributed by atoms with Crippen molar-refractivity contribution in [3.63, 3.8) is 0 Å². The van der Waals surface area contributed by atoms with Crippen molar-refractivity contribution in [2.45, 2.75) is 11.4 Å². The van der Waals surface area contributed by atoms with Crippen molar-refractivity contribution >= 4 is 52.8 Å². The number of rotatable bonds is 5. The summed E-state index contributed by atoms with van der Waals surface area (Å²) in [5.74, 6) is -0.271. The molecule has 2 aromatic heterocycles. The molecule has 1 aliphatic rings. The molecule has 1 aliphatic heterocycles. The largest absolute Gasteiger partial charge is 0.348 e. The Morgan fingerprint density at radius 1 is 1.21 bits per heavy atom. The average molecular weight is 420 g/mol. The van der Waals surface area contributed by atoms with Crippen molar-refractivity contribution < 1.29 is 9.59 Å². The van der Waals surface area contributed by atoms with Crippen molar-refractivity contribution in [1.82, 2.24) is 10.3 Å². The van der Waals surface area contributed by atoms with Crippen molar-refractivity contribution in [3.8, 4) is 0 Å². The van der Waals surface area contributed by atoms with E-state index in [1.54, 1.807) is 18.5 Å². The van der Waals surface area contributed by atoms with E-state index >= 15 is 0 Å². The van der Waals surface area contributed by atoms with Crippen LogP contribution in [0.25, 0.3) is 12.2 Å². The number of amides is 2. The SMILES string of the molecule is O=C(/C=C/c1csc(/C=C2\Sc3ccccc3NC2=O)c1)NCc1cccnc1. The third-order valence-corrected chi connectivity index (χ3v) is 6.11. The number of carbonyl (C=O) groups excluding carboxylic acids is 2. The summed E-state index contributed by atoms with van der Waals surface area (Å²) in [6.07, 6.45) is 8.57. The summed E-state index contributed by atoms with van der Waals surface area (Å²) in [4.78, 5) is 30.9. The molecule has 144 valence electrons. The monoisotopic (exact) mass is 419 g/mol. The van der Waals surface area contributed by atoms with E-state index in [1.807, 2.05) is 53.9 Å². The molecule has 29 heavy (non-hydrogen) atoms. The number of carbonyl (C=O) groups is 2. The van der Waals surface area contributed by atoms with Crippen LogP contribution in [0.3, 0.4) is 0 Å². The highest BCUT2D eigenvalue weighted by Crippen LogP contribution is 2.39. The first-order chi connectivity index (χ1) is 14.2. The second-order valence-corrected chi connectivity index (χ2v) is 8.28. The van der Waals surface area contributed by atoms with Crippen molar-refractivity contribution in [2.24, 2.45) is 0 Å². The fourth-order valence-corrected chi connectivity index (χ4v) is 4.51. The maximum absolute atomic E-state index is 12.3. The number of thiophene rings is 1. The van der Waals surface area contributed by atoms with E-state index in [-0.39, 0.29) is 11.8 Å². The third kappa shape index (κ3) is 5.01. The van der Waals surface area contributed by atoms with Crippen LogP contribution in [-0.4, -0.2) is 16.8 Å². The van der Waals surface area contributed by atoms with E-state index in [0.29, 0.717) is 11.4 Å². The fourth-order valence-electron chi connectivity index (χ4n) is 2.69. The second kappa shape index (κ2) is 8.89. The van der Waals surface area contributed by atoms with Crippen LogP contribution in [0.15, 0.2) is 76.1 Å². The van der Waals surface area contributed by atoms with Gasteiger partial charge in [0.15, 0.2) is 0 Å². The van der Waals surface area contributed by atoms with E-state index in [9.17, 15) is 9.59 Å². The summed E-state index contributed by atoms with van der Waals surface area (Å²) < 4.78 is 0. The lowest BCUT2D eigenvalue weighted by Crippen LogP contribution is -2.20. The van der Waals surface area contributed by atoms with Crippen LogP contribution in [0.1, 0.15) is 16.0 Å². The topological polar surface area (TPSA) is 71.1 Å². The number of para-hydroxylation sites is 1. The molecule has 1 aromatic carbocycles. The number of hydrogen-bond donors (Lipinski definition) is 2. The maximum Gasteiger partial charge on any atom is 0.262 e. The van der Waals surface area contributed by atoms with E-state index in [0.717, 1.165) is 26.6 Å². The number of thioether (sulfide) groups is 1. The van der Waals surface area contributed by atoms with Crippen LogP contribution in [-0.2, 0) is 16.1 Å². The lowest BCUT2D eigenvalue weighted by molar-refractivity contribution is -0.116. The number of benzene rings is 1. The van der Waals surface area contributed by atoms with Gasteiger partial charge in [-0.1, -0.05) is 30.0 Å². The van der Waals surface area contributed by atoms with Crippen molar-refractivity contribution in [2.75, 3.05) is 5.32 Å². The Morgan fingerprint density at radius 2 is 2.10 bits per heavy atom. The zero-order chi connectivity index (χ0) is 20.1. The molecule has 0 atom stereocenters. The van der Waals surface area contributed by atoms with Crippen LogP contribution in [0.4, 0.5) is 5.69 Å². The Balaban J connectivity index is 1.38. The quantitative estimate of drug-likeness (QED) is 0.595. The Kier molecular flexibility index (Phi) is 5.88. The first kappa shape index (κ1) is 19.2. The fraction of sp³-hybridized carbons (Fsp3) is 0.0455. The lowest BCUT2D eigenvalue weighted by Gasteiger charge is -2.17. The van der Waals surface area contributed by atoms with Gasteiger partial charge >= 0.3 is 0 Å². The van der Waals surface area contributed by atoms with E-state index in [4.69, 9.17) is 0 Å². The van der Waals surface area contributed by atoms with Gasteiger partial charge < -0.3 is 10.6 Å². The highest BCUT2D eigenvalue weighted by Gasteiger charge is 2.20. The molecule has 3 heterocycles. The predicted molar refractivity (Wildman–Crippen MR) is 118 cm³/mol. The summed E-state index contributed by atoms with van der Waals surface area (Å²) in [5, 5.41) is 7.69. The smallest absolute Gasteiger partial charge is 0.262 e. The predicted octanol–water partition coefficient (Wildman–Crippen LogP) is 4.56. The molecule has 3 aromatic rings. The minimum atomic E-state index is -0.168. The highest BCUT2D eigenvalue weighted by atomic mass is 32.2. The molecule has 4 rings (SSSR count). The van der Waals surface area contributed by atoms with Gasteiger partial charge in [0.2, 0.25) is 5.91 Å². The second-order valence-electron chi connectivity index (χ2n) is 6.26. The summed E-state index contributed by atoms with van der Waals surface area (Å²) in [5.41, 5.74) is 2.70. The number of pyridine rings is 1. The zero-order valence-electron chi connectivity index (χ0n) is 15.3. The molecular weight excluding hydrogens is 402 g/mol. The molecule has 0 unspecified atom stereocenters. The molecule has 2 N–H and O–H groups in total. The Morgan fingerprint density at radius 3 is 2.97 bits per heavy atom. The molecule has 0 bridgehead atoms. The number of nitrogens with one attached hydrogen (secondary N) is 2. The number of fused-ring (bicyclic) bond motifs is 1. The van der Waals surface area contributed by atoms with Crippen LogP contribution >= 0.6 is 23.1 Å². The summed E-state index contributed by atoms with van der Waals surface area (Å²) in [7, 11) is 0. The van der Waals surface area contributed by atoms with E-state index in [1.165, 1.54) is 29.2 Å². The summed E-state index contributed by atoms with van der Waals surface area (Å²) in [6, 6.07) is 13.4. The molecule has 5 nitrogen and oxygen atoms in total. The number of nitrogens with zero attached hydrogens (tertiary/aromatic N) is 1. The first-order valence-corrected chi connectivity index (χ1v) is 10.6. The normalized spacial score (nSPS) is 14.6. The Hall–Kier alpha value is -3.16. The van der Waals surface area contributed by atoms with Gasteiger partial charge in [-0.25, -0.2) is 0 Å². The molecule has 0 aliphatic carbocycles. The van der Waals surface area contributed by atoms with Gasteiger partial charge in [0.25, 0.3) is 5.91 Å². The molecule has 0 fully saturated rings. The first-order valence-electron chi connectivity index (χ1n) is 8.91. The minimum Gasteiger partial charge on any atom is -0.348 e. The zero-order valence-corrected chi connectivity index (χ0v) is 16.9. The van der Waals surface area contributed by atoms with Gasteiger partial charge in [-0.2, -0.15) is 0 Å². The van der Waals surface area contributed by atoms with Gasteiger partial charge in [-0.15, -0.1) is 11.3 Å². The van der Waals surface area contributed by atoms with Crippen molar-refractivity contribution in [1.29, 1.82) is 0 Å². The molecule has 0 spiro atoms. The standard InChI is InChI=1S/C22H17N3O2S2/c26-21(24-13-16-4-3-9-23-12-16)8-7-15-10-17(28-14-15)11-20-22(27)25-18-5-1-2-6-19(18)29-20/h1-12,14H,13H2,(H,24,26)(H,25,27)/b8-7+,20-11-. The number of anilines is 1. The molecule has 2 amide bonds. The number of hydrogen-bond acceptors (Lipinski definition) is 5. The van der Waals surface area contributed by atoms with Gasteiger partial charge in [0.1, 0.15) is 0 Å². The van der Waals surface area contributed by atoms with Crippen LogP contribution in [0, 0.1) is 0 Å². The van der Waals surface area contributed by atoms with Gasteiger partial charge in [-0.05, 0) is 52.9 Å². The average Bonchev–Trinajstić information content (AvgIpc) is 3.19. The van der Waals surface area contributed by atoms with Gasteiger partial charge in [0, 0.05) is 34.8 Å². The van der Waals surface area contributed by atoms with Crippen molar-refractivity contribution in [3.05, 3.63) is 87.2 Å². The van der Waals surface area contributed by atoms with Crippen LogP contribution < -0.4 is 10.6 Å². The molecule has 7 heteroatoms. The minimum absolute atomic E-state index is 0.103. The molecule has 0 radical (unpaired) electrons. The third-order valence-electron chi connectivity index (χ3n) is 4.11. The lowest BCUT2D eigenvalue weighted by atomic mass is 10.2. The summed E-state index contributed by atoms with van der Waals surface area (Å²) >= 11 is 2.99. The molecule has 0 saturated carbocycles. The highest BCUT2D eigenvalue weighted by molar-refractivity contribution is 8.04. The summed E-state index contributed by atoms with van der Waals surface area (Å²) in [6.45, 7) is 0.436. The Bertz CT molecular complexity index is 1100. The maximum atomic E-state index is 12.3. The number of aromatic nitrogens is 1. The molecular formula is C22H17N3O2S2. The van der Waals surface area contributed by atoms with Gasteiger partial charge in [0.05, 0.1) is 10.6 Å². The Labute approximate surface area is 176 Å². The van der Waals surface area contributed by atoms with Crippen LogP contribution in [0.5, 0.6) is 0 Å². The van der Waals surface area contributed by atoms with Crippen LogP contribution in [0.2, 0.25) is 0 Å². The van der Waals surface area contributed by atoms with E-state index in [2.05, 4.69) is 15.6 Å². The van der Waals surface area contributed by atoms with Gasteiger partial charge in [-0.3, -0.25) is 14.6 Å². The van der Waals surface area contributed by atoms with E-state index < -0.39 is 0 Å². The molecule has 0 saturated heterocycles.